The number of nitrogens with zero attached hydrogens (tertiary/aromatic N) is 3. The van der Waals surface area contributed by atoms with Crippen molar-refractivity contribution in [3.63, 3.8) is 0 Å². The fourth-order valence-electron chi connectivity index (χ4n) is 3.82. The summed E-state index contributed by atoms with van der Waals surface area (Å²) in [4.78, 5) is 28.1. The minimum Gasteiger partial charge on any atom is -0.497 e. The second-order valence-electron chi connectivity index (χ2n) is 7.94. The van der Waals surface area contributed by atoms with Crippen LogP contribution in [0.2, 0.25) is 0 Å². The van der Waals surface area contributed by atoms with Gasteiger partial charge in [-0.1, -0.05) is 30.3 Å². The molecule has 8 heteroatoms. The Hall–Kier alpha value is -3.65. The predicted molar refractivity (Wildman–Crippen MR) is 115 cm³/mol. The van der Waals surface area contributed by atoms with Crippen molar-refractivity contribution in [3.8, 4) is 11.4 Å². The van der Waals surface area contributed by atoms with Gasteiger partial charge in [-0.25, -0.2) is 14.4 Å². The van der Waals surface area contributed by atoms with Gasteiger partial charge in [0.15, 0.2) is 6.67 Å². The highest BCUT2D eigenvalue weighted by Gasteiger charge is 2.50. The number of hydrogen-bond acceptors (Lipinski definition) is 4. The Bertz CT molecular complexity index is 1100. The van der Waals surface area contributed by atoms with Gasteiger partial charge in [0.1, 0.15) is 17.8 Å². The van der Waals surface area contributed by atoms with Crippen LogP contribution in [0.5, 0.6) is 5.75 Å². The van der Waals surface area contributed by atoms with Crippen molar-refractivity contribution in [3.05, 3.63) is 78.1 Å². The Labute approximate surface area is 181 Å². The Balaban J connectivity index is 1.45. The molecule has 2 aromatic carbocycles. The Morgan fingerprint density at radius 2 is 1.90 bits per heavy atom. The molecule has 1 unspecified atom stereocenters. The molecule has 1 aliphatic heterocycles. The molecule has 8 nitrogen and oxygen atoms in total. The van der Waals surface area contributed by atoms with Crippen LogP contribution in [-0.4, -0.2) is 47.4 Å². The number of benzene rings is 2. The molecule has 31 heavy (non-hydrogen) atoms. The van der Waals surface area contributed by atoms with E-state index in [-0.39, 0.29) is 12.6 Å². The topological polar surface area (TPSA) is 80.9 Å². The molecule has 1 aromatic heterocycles. The lowest BCUT2D eigenvalue weighted by Crippen LogP contribution is -3.09. The lowest BCUT2D eigenvalue weighted by Gasteiger charge is -2.23. The number of carbonyl (C=O) groups excluding carboxylic acids is 2. The zero-order chi connectivity index (χ0) is 22.0. The number of ether oxygens (including phenoxy) is 1. The molecule has 2 heterocycles. The number of urea groups is 1. The average molecular weight is 420 g/mol. The van der Waals surface area contributed by atoms with Crippen LogP contribution in [0.3, 0.4) is 0 Å². The summed E-state index contributed by atoms with van der Waals surface area (Å²) in [6.07, 6.45) is 3.77. The smallest absolute Gasteiger partial charge is 0.329 e. The Morgan fingerprint density at radius 3 is 2.65 bits per heavy atom. The maximum Gasteiger partial charge on any atom is 0.329 e. The molecule has 1 saturated heterocycles. The van der Waals surface area contributed by atoms with Gasteiger partial charge in [-0.3, -0.25) is 4.79 Å². The van der Waals surface area contributed by atoms with E-state index in [9.17, 15) is 9.59 Å². The normalized spacial score (nSPS) is 19.4. The quantitative estimate of drug-likeness (QED) is 0.565. The highest BCUT2D eigenvalue weighted by Crippen LogP contribution is 2.30. The second kappa shape index (κ2) is 8.23. The SMILES string of the molecule is COc1cccc([C@]2(C)NC(=O)N(C[NH+](C)Cc3cnn(-c4ccccc4)c3)C2=O)c1. The van der Waals surface area contributed by atoms with E-state index < -0.39 is 11.6 Å². The van der Waals surface area contributed by atoms with Crippen LogP contribution in [0.4, 0.5) is 4.79 Å². The number of para-hydroxylation sites is 1. The van der Waals surface area contributed by atoms with Crippen LogP contribution in [0.25, 0.3) is 5.69 Å². The largest absolute Gasteiger partial charge is 0.497 e. The van der Waals surface area contributed by atoms with Crippen molar-refractivity contribution in [2.24, 2.45) is 0 Å². The van der Waals surface area contributed by atoms with Crippen molar-refractivity contribution in [2.45, 2.75) is 19.0 Å². The first-order chi connectivity index (χ1) is 14.9. The van der Waals surface area contributed by atoms with E-state index in [1.807, 2.05) is 66.6 Å². The van der Waals surface area contributed by atoms with Gasteiger partial charge in [0, 0.05) is 11.8 Å². The van der Waals surface area contributed by atoms with Gasteiger partial charge >= 0.3 is 6.03 Å². The van der Waals surface area contributed by atoms with Gasteiger partial charge in [0.25, 0.3) is 5.91 Å². The maximum absolute atomic E-state index is 13.2. The maximum atomic E-state index is 13.2. The highest BCUT2D eigenvalue weighted by atomic mass is 16.5. The molecule has 3 amide bonds. The van der Waals surface area contributed by atoms with E-state index in [1.54, 1.807) is 26.2 Å². The van der Waals surface area contributed by atoms with E-state index >= 15 is 0 Å². The number of amides is 3. The first-order valence-corrected chi connectivity index (χ1v) is 10.1. The van der Waals surface area contributed by atoms with Crippen LogP contribution in [0, 0.1) is 0 Å². The molecule has 3 aromatic rings. The third-order valence-corrected chi connectivity index (χ3v) is 5.51. The summed E-state index contributed by atoms with van der Waals surface area (Å²) in [6, 6.07) is 16.7. The van der Waals surface area contributed by atoms with Gasteiger partial charge in [-0.05, 0) is 36.8 Å². The van der Waals surface area contributed by atoms with Crippen molar-refractivity contribution in [1.82, 2.24) is 20.0 Å². The number of quaternary nitrogens is 1. The molecular weight excluding hydrogens is 394 g/mol. The molecule has 1 aliphatic rings. The van der Waals surface area contributed by atoms with Crippen molar-refractivity contribution < 1.29 is 19.2 Å². The standard InChI is InChI=1S/C23H25N5O3/c1-23(18-8-7-11-20(12-18)31-3)21(29)27(22(30)25-23)16-26(2)14-17-13-24-28(15-17)19-9-5-4-6-10-19/h4-13,15H,14,16H2,1-3H3,(H,25,30)/p+1/t23-/m0/s1. The van der Waals surface area contributed by atoms with Gasteiger partial charge in [0.05, 0.1) is 26.0 Å². The molecule has 160 valence electrons. The predicted octanol–water partition coefficient (Wildman–Crippen LogP) is 1.32. The minimum absolute atomic E-state index is 0.251. The summed E-state index contributed by atoms with van der Waals surface area (Å²) in [5.41, 5.74) is 1.57. The summed E-state index contributed by atoms with van der Waals surface area (Å²) >= 11 is 0. The van der Waals surface area contributed by atoms with Gasteiger partial charge < -0.3 is 15.0 Å². The van der Waals surface area contributed by atoms with Crippen LogP contribution in [-0.2, 0) is 16.9 Å². The lowest BCUT2D eigenvalue weighted by molar-refractivity contribution is -0.901. The van der Waals surface area contributed by atoms with Crippen molar-refractivity contribution >= 4 is 11.9 Å². The Morgan fingerprint density at radius 1 is 1.13 bits per heavy atom. The Kier molecular flexibility index (Phi) is 5.48. The molecule has 2 N–H and O–H groups in total. The number of rotatable bonds is 7. The third kappa shape index (κ3) is 4.02. The summed E-state index contributed by atoms with van der Waals surface area (Å²) in [7, 11) is 3.52. The number of nitrogens with one attached hydrogen (secondary N) is 2. The summed E-state index contributed by atoms with van der Waals surface area (Å²) in [6.45, 7) is 2.60. The van der Waals surface area contributed by atoms with E-state index in [0.29, 0.717) is 17.9 Å². The van der Waals surface area contributed by atoms with E-state index in [2.05, 4.69) is 10.4 Å². The number of aromatic nitrogens is 2. The fourth-order valence-corrected chi connectivity index (χ4v) is 3.82. The molecule has 0 aliphatic carbocycles. The fraction of sp³-hybridized carbons (Fsp3) is 0.261. The van der Waals surface area contributed by atoms with Crippen LogP contribution < -0.4 is 15.0 Å². The molecule has 0 saturated carbocycles. The molecule has 0 radical (unpaired) electrons. The first kappa shape index (κ1) is 20.6. The zero-order valence-electron chi connectivity index (χ0n) is 17.8. The summed E-state index contributed by atoms with van der Waals surface area (Å²) in [5, 5.41) is 7.26. The van der Waals surface area contributed by atoms with Crippen LogP contribution in [0.1, 0.15) is 18.1 Å². The first-order valence-electron chi connectivity index (χ1n) is 10.1. The minimum atomic E-state index is -1.12. The molecule has 0 spiro atoms. The molecule has 4 rings (SSSR count). The summed E-state index contributed by atoms with van der Waals surface area (Å²) < 4.78 is 7.08. The molecular formula is C23H26N5O3+. The monoisotopic (exact) mass is 420 g/mol. The lowest BCUT2D eigenvalue weighted by atomic mass is 9.92. The summed E-state index contributed by atoms with van der Waals surface area (Å²) in [5.74, 6) is 0.363. The molecule has 2 atom stereocenters. The number of hydrogen-bond donors (Lipinski definition) is 2. The zero-order valence-corrected chi connectivity index (χ0v) is 17.8. The van der Waals surface area contributed by atoms with Gasteiger partial charge in [0.2, 0.25) is 0 Å². The number of imide groups is 1. The molecule has 0 bridgehead atoms. The van der Waals surface area contributed by atoms with E-state index in [4.69, 9.17) is 4.74 Å². The van der Waals surface area contributed by atoms with Crippen molar-refractivity contribution in [1.29, 1.82) is 0 Å². The van der Waals surface area contributed by atoms with Crippen LogP contribution >= 0.6 is 0 Å². The molecule has 1 fully saturated rings. The van der Waals surface area contributed by atoms with Gasteiger partial charge in [-0.2, -0.15) is 5.10 Å². The van der Waals surface area contributed by atoms with E-state index in [1.165, 1.54) is 4.90 Å². The van der Waals surface area contributed by atoms with Gasteiger partial charge in [-0.15, -0.1) is 0 Å². The average Bonchev–Trinajstić information content (AvgIpc) is 3.33. The van der Waals surface area contributed by atoms with Crippen molar-refractivity contribution in [2.75, 3.05) is 20.8 Å². The number of methoxy groups -OCH3 is 1. The van der Waals surface area contributed by atoms with E-state index in [0.717, 1.165) is 16.2 Å². The third-order valence-electron chi connectivity index (χ3n) is 5.51. The van der Waals surface area contributed by atoms with Crippen LogP contribution in [0.15, 0.2) is 67.0 Å². The second-order valence-corrected chi connectivity index (χ2v) is 7.94. The highest BCUT2D eigenvalue weighted by molar-refractivity contribution is 6.07. The number of carbonyl (C=O) groups is 2.